The van der Waals surface area contributed by atoms with Gasteiger partial charge in [-0.2, -0.15) is 13.2 Å². The highest BCUT2D eigenvalue weighted by Crippen LogP contribution is 2.33. The second kappa shape index (κ2) is 40.9. The van der Waals surface area contributed by atoms with Crippen LogP contribution in [-0.4, -0.2) is 95.3 Å². The van der Waals surface area contributed by atoms with Crippen molar-refractivity contribution >= 4 is 90.5 Å². The molecule has 0 aliphatic heterocycles. The fourth-order valence-electron chi connectivity index (χ4n) is 9.28. The van der Waals surface area contributed by atoms with Crippen LogP contribution in [0.15, 0.2) is 196 Å². The number of halogens is 4. The number of thiophene rings is 1. The number of hydrogen-bond donors (Lipinski definition) is 2. The molecule has 0 bridgehead atoms. The Morgan fingerprint density at radius 1 is 0.528 bits per heavy atom. The van der Waals surface area contributed by atoms with E-state index in [0.29, 0.717) is 35.4 Å². The van der Waals surface area contributed by atoms with Crippen LogP contribution in [0, 0.1) is 27.1 Å². The van der Waals surface area contributed by atoms with E-state index < -0.39 is 77.9 Å². The number of para-hydroxylation sites is 1. The number of fused-ring (bicyclic) bond motifs is 1. The number of H-pyrrole nitrogens is 1. The summed E-state index contributed by atoms with van der Waals surface area (Å²) in [7, 11) is -12.1. The van der Waals surface area contributed by atoms with E-state index in [4.69, 9.17) is 16.3 Å². The van der Waals surface area contributed by atoms with Crippen LogP contribution in [-0.2, 0) is 84.9 Å². The van der Waals surface area contributed by atoms with Gasteiger partial charge >= 0.3 is 6.18 Å². The van der Waals surface area contributed by atoms with Crippen molar-refractivity contribution in [2.75, 3.05) is 18.6 Å². The van der Waals surface area contributed by atoms with Crippen molar-refractivity contribution in [1.82, 2.24) is 4.98 Å². The number of carbonyl (C=O) groups excluding carboxylic acids is 3. The van der Waals surface area contributed by atoms with Crippen LogP contribution in [0.25, 0.3) is 10.9 Å². The van der Waals surface area contributed by atoms with Gasteiger partial charge in [-0.15, -0.1) is 11.3 Å². The van der Waals surface area contributed by atoms with Gasteiger partial charge in [0.2, 0.25) is 0 Å². The summed E-state index contributed by atoms with van der Waals surface area (Å²) in [6, 6.07) is 47.5. The van der Waals surface area contributed by atoms with E-state index in [1.165, 1.54) is 85.8 Å². The number of carbonyl (C=O) groups is 3. The molecule has 1 unspecified atom stereocenters. The maximum Gasteiger partial charge on any atom is 0.416 e. The minimum Gasteiger partial charge on any atom is -0.497 e. The molecular formula is C85H117ClF3NO13S5. The van der Waals surface area contributed by atoms with Crippen molar-refractivity contribution in [3.05, 3.63) is 214 Å². The fourth-order valence-corrected chi connectivity index (χ4v) is 15.7. The summed E-state index contributed by atoms with van der Waals surface area (Å²) in [5.74, 6) is -0.0151. The largest absolute Gasteiger partial charge is 0.497 e. The van der Waals surface area contributed by atoms with E-state index in [1.807, 2.05) is 122 Å². The van der Waals surface area contributed by atoms with E-state index in [9.17, 15) is 66.3 Å². The Hall–Kier alpha value is -6.79. The van der Waals surface area contributed by atoms with Crippen molar-refractivity contribution in [2.24, 2.45) is 27.1 Å². The molecule has 0 radical (unpaired) electrons. The lowest BCUT2D eigenvalue weighted by molar-refractivity contribution is -0.137. The lowest BCUT2D eigenvalue weighted by Crippen LogP contribution is -2.29. The third-order valence-electron chi connectivity index (χ3n) is 16.3. The summed E-state index contributed by atoms with van der Waals surface area (Å²) in [5, 5.41) is 13.4. The third-order valence-corrected chi connectivity index (χ3v) is 26.2. The molecule has 0 saturated carbocycles. The molecule has 0 fully saturated rings. The molecule has 6 aromatic carbocycles. The number of ether oxygens (including phenoxy) is 1. The number of alkyl halides is 3. The van der Waals surface area contributed by atoms with Crippen molar-refractivity contribution in [3.63, 3.8) is 0 Å². The summed E-state index contributed by atoms with van der Waals surface area (Å²) >= 11 is 7.73. The second-order valence-corrected chi connectivity index (χ2v) is 44.6. The lowest BCUT2D eigenvalue weighted by atomic mass is 9.87. The second-order valence-electron chi connectivity index (χ2n) is 33.7. The summed E-state index contributed by atoms with van der Waals surface area (Å²) in [4.78, 5) is 40.8. The number of hydrogen-bond acceptors (Lipinski definition) is 14. The zero-order valence-corrected chi connectivity index (χ0v) is 72.0. The Balaban J connectivity index is 0.000000430. The molecule has 0 amide bonds. The van der Waals surface area contributed by atoms with Gasteiger partial charge in [0.25, 0.3) is 0 Å². The molecule has 8 aromatic rings. The maximum atomic E-state index is 12.5. The first-order valence-electron chi connectivity index (χ1n) is 35.5. The molecule has 2 heterocycles. The molecular weight excluding hydrogens is 1500 g/mol. The normalized spacial score (nSPS) is 12.7. The summed E-state index contributed by atoms with van der Waals surface area (Å²) in [6.45, 7) is 39.3. The number of Topliss-reactive ketones (excluding diaryl/α,β-unsaturated/α-hetero) is 3. The molecule has 0 spiro atoms. The number of nitrogens with one attached hydrogen (secondary N) is 1. The Labute approximate surface area is 653 Å². The molecule has 598 valence electrons. The number of sulfone groups is 4. The number of aromatic amines is 1. The standard InChI is InChI=1S/C15H19NO.C13H19ClO3S.C13H18O2.C12H15F3O2S.C12H16O3S.C10H14O2S.C10H16S/c1-15(2,3)14(17)9-8-11-10-16-13-7-5-4-6-12(11)13;1-13(2,3)8-10(15)9-18(16,17)12-7-5-4-6-11(12)14;1-13(2,3)12(14)9-10-6-5-7-11(8-10)15-4;1-11(2,3)18(16,17)8-9-5-4-6-10(7-9)12(13,14)15;1-12(2,3)11(13)9-16(14,15)10-7-5-4-6-8-10;1-10(2,3)13(11,12)9-7-5-4-6-8-9;1-10(2,3)7-6-9-5-4-8-11-9/h4-7,10,16H,8-9H2,1-3H3;4-7,10,15H,8-9H2,1-3H3;5-8H,9H2,1-4H3;4-7H,8H2,1-3H3;4-8H,9H2,1-3H3;4-8H,1-3H3;4-5,8H,6-7H2,1-3H3. The average molecular weight is 1610 g/mol. The van der Waals surface area contributed by atoms with Crippen LogP contribution in [0.3, 0.4) is 0 Å². The number of aliphatic hydroxyl groups excluding tert-OH is 1. The zero-order valence-electron chi connectivity index (χ0n) is 67.2. The Morgan fingerprint density at radius 3 is 1.52 bits per heavy atom. The van der Waals surface area contributed by atoms with Crippen LogP contribution in [0.1, 0.15) is 192 Å². The number of rotatable bonds is 18. The molecule has 108 heavy (non-hydrogen) atoms. The van der Waals surface area contributed by atoms with Crippen LogP contribution >= 0.6 is 22.9 Å². The van der Waals surface area contributed by atoms with Crippen LogP contribution in [0.4, 0.5) is 13.2 Å². The number of aliphatic hydroxyl groups is 1. The van der Waals surface area contributed by atoms with Gasteiger partial charge in [-0.25, -0.2) is 33.7 Å². The van der Waals surface area contributed by atoms with Gasteiger partial charge in [0, 0.05) is 51.1 Å². The predicted molar refractivity (Wildman–Crippen MR) is 438 cm³/mol. The first kappa shape index (κ1) is 97.3. The SMILES string of the molecule is CC(C)(C)C(=O)CCc1c[nH]c2ccccc12.CC(C)(C)C(=O)CS(=O)(=O)c1ccccc1.CC(C)(C)CC(O)CS(=O)(=O)c1ccccc1Cl.CC(C)(C)CCc1cccs1.CC(C)(C)S(=O)(=O)Cc1cccc(C(F)(F)F)c1.CC(C)(C)S(=O)(=O)c1ccccc1.COc1cccc(CC(=O)C(C)(C)C)c1. The zero-order chi connectivity index (χ0) is 82.9. The molecule has 23 heteroatoms. The Morgan fingerprint density at radius 2 is 1.04 bits per heavy atom. The highest BCUT2D eigenvalue weighted by Gasteiger charge is 2.34. The van der Waals surface area contributed by atoms with Crippen molar-refractivity contribution in [2.45, 2.75) is 226 Å². The van der Waals surface area contributed by atoms with Crippen molar-refractivity contribution < 1.29 is 71.1 Å². The number of ketones is 3. The van der Waals surface area contributed by atoms with Crippen LogP contribution in [0.2, 0.25) is 5.02 Å². The van der Waals surface area contributed by atoms with Gasteiger partial charge in [0.05, 0.1) is 59.5 Å². The van der Waals surface area contributed by atoms with Gasteiger partial charge < -0.3 is 14.8 Å². The average Bonchev–Trinajstić information content (AvgIpc) is 1.02. The van der Waals surface area contributed by atoms with Gasteiger partial charge in [-0.1, -0.05) is 219 Å². The molecule has 2 N–H and O–H groups in total. The highest BCUT2D eigenvalue weighted by molar-refractivity contribution is 7.93. The van der Waals surface area contributed by atoms with Crippen LogP contribution in [0.5, 0.6) is 5.75 Å². The summed E-state index contributed by atoms with van der Waals surface area (Å²) in [6.07, 6.45) is 1.53. The number of benzene rings is 6. The first-order valence-corrected chi connectivity index (χ1v) is 43.2. The Kier molecular flexibility index (Phi) is 36.9. The van der Waals surface area contributed by atoms with Gasteiger partial charge in [0.15, 0.2) is 45.1 Å². The first-order chi connectivity index (χ1) is 49.1. The van der Waals surface area contributed by atoms with Crippen LogP contribution < -0.4 is 4.74 Å². The van der Waals surface area contributed by atoms with Crippen molar-refractivity contribution in [3.8, 4) is 5.75 Å². The summed E-state index contributed by atoms with van der Waals surface area (Å²) < 4.78 is 136. The van der Waals surface area contributed by atoms with E-state index in [1.54, 1.807) is 103 Å². The summed E-state index contributed by atoms with van der Waals surface area (Å²) in [5.41, 5.74) is 1.94. The molecule has 1 atom stereocenters. The molecule has 0 aliphatic rings. The minimum atomic E-state index is -4.46. The minimum absolute atomic E-state index is 0.0830. The molecule has 0 saturated heterocycles. The van der Waals surface area contributed by atoms with Gasteiger partial charge in [0.1, 0.15) is 23.1 Å². The third kappa shape index (κ3) is 35.5. The maximum absolute atomic E-state index is 12.5. The van der Waals surface area contributed by atoms with E-state index in [2.05, 4.69) is 55.4 Å². The van der Waals surface area contributed by atoms with Gasteiger partial charge in [-0.3, -0.25) is 14.4 Å². The van der Waals surface area contributed by atoms with E-state index in [0.717, 1.165) is 35.4 Å². The fraction of sp³-hybridized carbons (Fsp3) is 0.471. The number of aryl methyl sites for hydroxylation is 2. The predicted octanol–water partition coefficient (Wildman–Crippen LogP) is 21.0. The van der Waals surface area contributed by atoms with Crippen molar-refractivity contribution in [1.29, 1.82) is 0 Å². The molecule has 0 aliphatic carbocycles. The number of methoxy groups -OCH3 is 1. The molecule has 2 aromatic heterocycles. The monoisotopic (exact) mass is 1610 g/mol. The van der Waals surface area contributed by atoms with Gasteiger partial charge in [-0.05, 0) is 167 Å². The quantitative estimate of drug-likeness (QED) is 0.0815. The molecule has 8 rings (SSSR count). The lowest BCUT2D eigenvalue weighted by Gasteiger charge is -2.22. The highest BCUT2D eigenvalue weighted by atomic mass is 35.5. The smallest absolute Gasteiger partial charge is 0.416 e. The number of aromatic nitrogens is 1. The van der Waals surface area contributed by atoms with E-state index >= 15 is 0 Å². The topological polar surface area (TPSA) is 233 Å². The van der Waals surface area contributed by atoms with E-state index in [-0.39, 0.29) is 59.7 Å². The molecule has 14 nitrogen and oxygen atoms in total. The Bertz CT molecular complexity index is 4590.